The SMILES string of the molecule is CCCC(=O)N(C)CC(=O)N(C)[C@@H](CC(C)(C)OCSC)C(=O)N[C@H](C(=O)N(C)[C@@H](CC(C)C)C(=O)N[C@@H](C)C(=O)NC(=O)N(C)[C@@H](CC(C)C)C(=O)NC)C(C)C. The Labute approximate surface area is 351 Å². The lowest BCUT2D eigenvalue weighted by Gasteiger charge is -2.37. The molecule has 0 saturated heterocycles. The Hall–Kier alpha value is -3.93. The molecule has 4 N–H and O–H groups in total. The quantitative estimate of drug-likeness (QED) is 0.105. The van der Waals surface area contributed by atoms with E-state index in [9.17, 15) is 38.4 Å². The first-order valence-corrected chi connectivity index (χ1v) is 21.4. The zero-order valence-corrected chi connectivity index (χ0v) is 38.8. The Morgan fingerprint density at radius 2 is 1.21 bits per heavy atom. The Balaban J connectivity index is 6.36. The molecule has 334 valence electrons. The van der Waals surface area contributed by atoms with Crippen LogP contribution in [0.15, 0.2) is 0 Å². The third-order valence-electron chi connectivity index (χ3n) is 9.73. The summed E-state index contributed by atoms with van der Waals surface area (Å²) in [6.07, 6.45) is 3.40. The smallest absolute Gasteiger partial charge is 0.324 e. The Bertz CT molecular complexity index is 1410. The number of carbonyl (C=O) groups is 8. The van der Waals surface area contributed by atoms with Crippen LogP contribution in [0.5, 0.6) is 0 Å². The summed E-state index contributed by atoms with van der Waals surface area (Å²) in [4.78, 5) is 112. The number of urea groups is 1. The summed E-state index contributed by atoms with van der Waals surface area (Å²) in [6, 6.07) is -6.13. The first kappa shape index (κ1) is 54.1. The van der Waals surface area contributed by atoms with Crippen LogP contribution in [-0.2, 0) is 38.3 Å². The molecule has 0 aromatic carbocycles. The highest BCUT2D eigenvalue weighted by atomic mass is 32.2. The molecule has 9 amide bonds. The molecule has 0 aromatic rings. The summed E-state index contributed by atoms with van der Waals surface area (Å²) in [5, 5.41) is 10.2. The van der Waals surface area contributed by atoms with Crippen LogP contribution in [0.4, 0.5) is 4.79 Å². The van der Waals surface area contributed by atoms with Gasteiger partial charge in [0.1, 0.15) is 30.2 Å². The summed E-state index contributed by atoms with van der Waals surface area (Å²) in [7, 11) is 7.32. The molecule has 5 atom stereocenters. The maximum absolute atomic E-state index is 14.3. The van der Waals surface area contributed by atoms with Gasteiger partial charge in [-0.15, -0.1) is 11.8 Å². The largest absolute Gasteiger partial charge is 0.365 e. The number of carbonyl (C=O) groups excluding carboxylic acids is 8. The Morgan fingerprint density at radius 3 is 1.67 bits per heavy atom. The van der Waals surface area contributed by atoms with E-state index in [0.29, 0.717) is 18.8 Å². The third kappa shape index (κ3) is 17.9. The van der Waals surface area contributed by atoms with E-state index in [4.69, 9.17) is 4.74 Å². The summed E-state index contributed by atoms with van der Waals surface area (Å²) in [6.45, 7) is 17.7. The van der Waals surface area contributed by atoms with Crippen LogP contribution in [0, 0.1) is 17.8 Å². The van der Waals surface area contributed by atoms with Crippen molar-refractivity contribution in [3.05, 3.63) is 0 Å². The molecule has 0 fully saturated rings. The van der Waals surface area contributed by atoms with E-state index in [-0.39, 0.29) is 49.5 Å². The van der Waals surface area contributed by atoms with Crippen LogP contribution in [0.1, 0.15) is 101 Å². The average molecular weight is 843 g/mol. The lowest BCUT2D eigenvalue weighted by Crippen LogP contribution is -2.61. The number of rotatable bonds is 24. The predicted octanol–water partition coefficient (Wildman–Crippen LogP) is 2.43. The lowest BCUT2D eigenvalue weighted by atomic mass is 9.95. The highest BCUT2D eigenvalue weighted by Crippen LogP contribution is 2.23. The zero-order valence-electron chi connectivity index (χ0n) is 37.9. The van der Waals surface area contributed by atoms with Crippen molar-refractivity contribution < 1.29 is 43.1 Å². The van der Waals surface area contributed by atoms with Crippen molar-refractivity contribution in [2.24, 2.45) is 17.8 Å². The molecular weight excluding hydrogens is 769 g/mol. The fraction of sp³-hybridized carbons (Fsp3) is 0.800. The monoisotopic (exact) mass is 843 g/mol. The van der Waals surface area contributed by atoms with Crippen molar-refractivity contribution in [3.63, 3.8) is 0 Å². The number of thioether (sulfide) groups is 1. The van der Waals surface area contributed by atoms with Gasteiger partial charge >= 0.3 is 6.03 Å². The van der Waals surface area contributed by atoms with Crippen LogP contribution < -0.4 is 21.3 Å². The van der Waals surface area contributed by atoms with Crippen molar-refractivity contribution in [1.82, 2.24) is 40.9 Å². The molecule has 0 rings (SSSR count). The van der Waals surface area contributed by atoms with Gasteiger partial charge in [0.05, 0.1) is 18.1 Å². The van der Waals surface area contributed by atoms with Crippen molar-refractivity contribution in [1.29, 1.82) is 0 Å². The van der Waals surface area contributed by atoms with Gasteiger partial charge in [-0.2, -0.15) is 0 Å². The van der Waals surface area contributed by atoms with E-state index in [2.05, 4.69) is 21.3 Å². The minimum atomic E-state index is -1.20. The molecule has 18 heteroatoms. The maximum atomic E-state index is 14.3. The number of hydrogen-bond acceptors (Lipinski definition) is 10. The summed E-state index contributed by atoms with van der Waals surface area (Å²) >= 11 is 1.46. The van der Waals surface area contributed by atoms with Gasteiger partial charge in [0, 0.05) is 48.1 Å². The number of hydrogen-bond donors (Lipinski definition) is 4. The van der Waals surface area contributed by atoms with E-state index < -0.39 is 77.3 Å². The molecule has 0 aromatic heterocycles. The number of nitrogens with one attached hydrogen (secondary N) is 4. The number of likely N-dealkylation sites (N-methyl/N-ethyl adjacent to an activating group) is 5. The predicted molar refractivity (Wildman–Crippen MR) is 226 cm³/mol. The van der Waals surface area contributed by atoms with E-state index in [1.807, 2.05) is 40.9 Å². The molecule has 0 spiro atoms. The number of ether oxygens (including phenoxy) is 1. The van der Waals surface area contributed by atoms with Gasteiger partial charge < -0.3 is 40.3 Å². The normalized spacial score (nSPS) is 14.1. The number of nitrogens with zero attached hydrogens (tertiary/aromatic N) is 4. The van der Waals surface area contributed by atoms with Gasteiger partial charge in [0.2, 0.25) is 41.4 Å². The average Bonchev–Trinajstić information content (AvgIpc) is 3.14. The molecule has 0 aliphatic rings. The molecule has 0 unspecified atom stereocenters. The maximum Gasteiger partial charge on any atom is 0.324 e. The third-order valence-corrected chi connectivity index (χ3v) is 10.1. The van der Waals surface area contributed by atoms with Crippen LogP contribution in [0.3, 0.4) is 0 Å². The van der Waals surface area contributed by atoms with Gasteiger partial charge in [-0.3, -0.25) is 38.9 Å². The van der Waals surface area contributed by atoms with Crippen molar-refractivity contribution in [2.75, 3.05) is 54.0 Å². The molecule has 0 radical (unpaired) electrons. The first-order chi connectivity index (χ1) is 26.8. The van der Waals surface area contributed by atoms with Gasteiger partial charge in [-0.25, -0.2) is 4.79 Å². The first-order valence-electron chi connectivity index (χ1n) is 20.1. The second-order valence-corrected chi connectivity index (χ2v) is 17.6. The molecule has 58 heavy (non-hydrogen) atoms. The van der Waals surface area contributed by atoms with E-state index in [1.165, 1.54) is 68.6 Å². The van der Waals surface area contributed by atoms with E-state index in [1.54, 1.807) is 27.7 Å². The van der Waals surface area contributed by atoms with Crippen molar-refractivity contribution in [2.45, 2.75) is 137 Å². The topological polar surface area (TPSA) is 207 Å². The van der Waals surface area contributed by atoms with Gasteiger partial charge in [0.15, 0.2) is 0 Å². The van der Waals surface area contributed by atoms with Crippen LogP contribution in [0.2, 0.25) is 0 Å². The molecular formula is C40H74N8O9S. The second kappa shape index (κ2) is 25.5. The van der Waals surface area contributed by atoms with Gasteiger partial charge in [0.25, 0.3) is 0 Å². The Morgan fingerprint density at radius 1 is 0.690 bits per heavy atom. The zero-order chi connectivity index (χ0) is 45.2. The molecule has 17 nitrogen and oxygen atoms in total. The molecule has 0 saturated carbocycles. The summed E-state index contributed by atoms with van der Waals surface area (Å²) in [5.74, 6) is -3.82. The minimum absolute atomic E-state index is 0.0733. The second-order valence-electron chi connectivity index (χ2n) is 16.8. The van der Waals surface area contributed by atoms with Crippen LogP contribution in [-0.4, -0.2) is 157 Å². The molecule has 0 aliphatic carbocycles. The summed E-state index contributed by atoms with van der Waals surface area (Å²) in [5.41, 5.74) is -0.860. The fourth-order valence-electron chi connectivity index (χ4n) is 6.03. The highest BCUT2D eigenvalue weighted by Gasteiger charge is 2.39. The molecule has 0 aliphatic heterocycles. The number of amides is 9. The Kier molecular flexibility index (Phi) is 23.8. The standard InChI is InChI=1S/C40H74N8O9S/c1-17-18-31(49)45(12)22-32(50)46(13)30(21-40(9,10)57-23-58-16)37(54)43-33(26(6)7)38(55)47(14)29(20-25(4)5)36(53)42-27(8)34(51)44-39(56)48(15)28(19-24(2)3)35(52)41-11/h24-30,33H,17-23H2,1-16H3,(H,41,52)(H,42,53)(H,43,54)(H,44,51,56)/t27-,28-,29-,30-,33-/m0/s1. The van der Waals surface area contributed by atoms with E-state index >= 15 is 0 Å². The summed E-state index contributed by atoms with van der Waals surface area (Å²) < 4.78 is 5.99. The fourth-order valence-corrected chi connectivity index (χ4v) is 6.46. The highest BCUT2D eigenvalue weighted by molar-refractivity contribution is 7.98. The molecule has 0 heterocycles. The molecule has 0 bridgehead atoms. The number of imide groups is 1. The van der Waals surface area contributed by atoms with Crippen molar-refractivity contribution >= 4 is 59.1 Å². The lowest BCUT2D eigenvalue weighted by molar-refractivity contribution is -0.147. The minimum Gasteiger partial charge on any atom is -0.365 e. The van der Waals surface area contributed by atoms with Crippen LogP contribution in [0.25, 0.3) is 0 Å². The van der Waals surface area contributed by atoms with Gasteiger partial charge in [-0.05, 0) is 64.0 Å². The van der Waals surface area contributed by atoms with E-state index in [0.717, 1.165) is 4.90 Å². The van der Waals surface area contributed by atoms with Crippen molar-refractivity contribution in [3.8, 4) is 0 Å². The van der Waals surface area contributed by atoms with Crippen LogP contribution >= 0.6 is 11.8 Å². The van der Waals surface area contributed by atoms with Gasteiger partial charge in [-0.1, -0.05) is 48.5 Å².